The molecule has 0 radical (unpaired) electrons. The lowest BCUT2D eigenvalue weighted by atomic mass is 10.2. The molecule has 0 saturated carbocycles. The SMILES string of the molecule is COC(=O)C(CNc1cccc(Cl)c1)NC(C)=O. The van der Waals surface area contributed by atoms with Gasteiger partial charge in [-0.25, -0.2) is 4.79 Å². The minimum absolute atomic E-state index is 0.229. The van der Waals surface area contributed by atoms with Crippen LogP contribution in [0.1, 0.15) is 6.92 Å². The van der Waals surface area contributed by atoms with Crippen LogP contribution in [-0.4, -0.2) is 31.6 Å². The molecule has 6 heteroatoms. The molecule has 0 fully saturated rings. The summed E-state index contributed by atoms with van der Waals surface area (Å²) in [7, 11) is 1.27. The number of esters is 1. The summed E-state index contributed by atoms with van der Waals surface area (Å²) >= 11 is 5.83. The molecule has 1 atom stereocenters. The first kappa shape index (κ1) is 14.3. The Balaban J connectivity index is 2.61. The zero-order chi connectivity index (χ0) is 13.5. The smallest absolute Gasteiger partial charge is 0.330 e. The van der Waals surface area contributed by atoms with E-state index in [0.29, 0.717) is 5.02 Å². The van der Waals surface area contributed by atoms with E-state index in [2.05, 4.69) is 15.4 Å². The molecule has 5 nitrogen and oxygen atoms in total. The predicted octanol–water partition coefficient (Wildman–Crippen LogP) is 1.43. The lowest BCUT2D eigenvalue weighted by Gasteiger charge is -2.16. The summed E-state index contributed by atoms with van der Waals surface area (Å²) in [5.41, 5.74) is 0.766. The molecule has 1 aromatic carbocycles. The van der Waals surface area contributed by atoms with E-state index in [1.165, 1.54) is 14.0 Å². The second-order valence-corrected chi connectivity index (χ2v) is 4.10. The van der Waals surface area contributed by atoms with Crippen LogP contribution in [0.25, 0.3) is 0 Å². The Morgan fingerprint density at radius 1 is 1.44 bits per heavy atom. The van der Waals surface area contributed by atoms with Gasteiger partial charge in [-0.1, -0.05) is 17.7 Å². The van der Waals surface area contributed by atoms with Crippen LogP contribution in [0, 0.1) is 0 Å². The van der Waals surface area contributed by atoms with Crippen molar-refractivity contribution in [1.82, 2.24) is 5.32 Å². The van der Waals surface area contributed by atoms with Crippen molar-refractivity contribution in [2.45, 2.75) is 13.0 Å². The molecular weight excluding hydrogens is 256 g/mol. The van der Waals surface area contributed by atoms with Crippen molar-refractivity contribution in [1.29, 1.82) is 0 Å². The highest BCUT2D eigenvalue weighted by Crippen LogP contribution is 2.14. The average molecular weight is 271 g/mol. The number of hydrogen-bond donors (Lipinski definition) is 2. The number of methoxy groups -OCH3 is 1. The van der Waals surface area contributed by atoms with E-state index in [4.69, 9.17) is 11.6 Å². The van der Waals surface area contributed by atoms with Crippen LogP contribution in [0.5, 0.6) is 0 Å². The molecule has 1 unspecified atom stereocenters. The highest BCUT2D eigenvalue weighted by molar-refractivity contribution is 6.30. The van der Waals surface area contributed by atoms with E-state index in [-0.39, 0.29) is 12.5 Å². The summed E-state index contributed by atoms with van der Waals surface area (Å²) in [5, 5.41) is 6.10. The summed E-state index contributed by atoms with van der Waals surface area (Å²) in [6.07, 6.45) is 0. The molecule has 98 valence electrons. The Kier molecular flexibility index (Phi) is 5.45. The van der Waals surface area contributed by atoms with Crippen LogP contribution in [0.2, 0.25) is 5.02 Å². The first-order valence-corrected chi connectivity index (χ1v) is 5.75. The average Bonchev–Trinajstić information content (AvgIpc) is 2.33. The van der Waals surface area contributed by atoms with Crippen LogP contribution < -0.4 is 10.6 Å². The highest BCUT2D eigenvalue weighted by atomic mass is 35.5. The molecule has 2 N–H and O–H groups in total. The summed E-state index contributed by atoms with van der Waals surface area (Å²) in [5.74, 6) is -0.793. The van der Waals surface area contributed by atoms with Gasteiger partial charge in [0.2, 0.25) is 5.91 Å². The van der Waals surface area contributed by atoms with E-state index >= 15 is 0 Å². The van der Waals surface area contributed by atoms with E-state index in [1.54, 1.807) is 18.2 Å². The topological polar surface area (TPSA) is 67.4 Å². The fourth-order valence-corrected chi connectivity index (χ4v) is 1.59. The maximum atomic E-state index is 11.4. The van der Waals surface area contributed by atoms with Crippen molar-refractivity contribution in [3.8, 4) is 0 Å². The Labute approximate surface area is 110 Å². The van der Waals surface area contributed by atoms with Gasteiger partial charge in [-0.2, -0.15) is 0 Å². The standard InChI is InChI=1S/C12H15ClN2O3/c1-8(16)15-11(12(17)18-2)7-14-10-5-3-4-9(13)6-10/h3-6,11,14H,7H2,1-2H3,(H,15,16). The van der Waals surface area contributed by atoms with Gasteiger partial charge >= 0.3 is 5.97 Å². The number of nitrogens with one attached hydrogen (secondary N) is 2. The molecule has 0 aliphatic carbocycles. The van der Waals surface area contributed by atoms with Gasteiger partial charge in [-0.15, -0.1) is 0 Å². The third-order valence-corrected chi connectivity index (χ3v) is 2.43. The molecule has 0 aliphatic rings. The van der Waals surface area contributed by atoms with Crippen molar-refractivity contribution in [2.75, 3.05) is 19.0 Å². The van der Waals surface area contributed by atoms with Crippen LogP contribution in [-0.2, 0) is 14.3 Å². The van der Waals surface area contributed by atoms with Gasteiger partial charge in [-0.3, -0.25) is 4.79 Å². The summed E-state index contributed by atoms with van der Waals surface area (Å²) in [4.78, 5) is 22.4. The zero-order valence-corrected chi connectivity index (χ0v) is 11.0. The lowest BCUT2D eigenvalue weighted by molar-refractivity contribution is -0.144. The quantitative estimate of drug-likeness (QED) is 0.795. The molecule has 0 aromatic heterocycles. The number of halogens is 1. The van der Waals surface area contributed by atoms with Gasteiger partial charge in [-0.05, 0) is 18.2 Å². The van der Waals surface area contributed by atoms with Crippen LogP contribution in [0.4, 0.5) is 5.69 Å². The molecule has 0 bridgehead atoms. The fraction of sp³-hybridized carbons (Fsp3) is 0.333. The second kappa shape index (κ2) is 6.86. The Morgan fingerprint density at radius 3 is 2.72 bits per heavy atom. The van der Waals surface area contributed by atoms with Crippen molar-refractivity contribution >= 4 is 29.2 Å². The molecule has 1 rings (SSSR count). The largest absolute Gasteiger partial charge is 0.467 e. The van der Waals surface area contributed by atoms with Crippen molar-refractivity contribution in [3.05, 3.63) is 29.3 Å². The highest BCUT2D eigenvalue weighted by Gasteiger charge is 2.19. The third kappa shape index (κ3) is 4.63. The zero-order valence-electron chi connectivity index (χ0n) is 10.2. The molecule has 1 amide bonds. The predicted molar refractivity (Wildman–Crippen MR) is 69.6 cm³/mol. The first-order chi connectivity index (χ1) is 8.52. The molecule has 0 heterocycles. The minimum Gasteiger partial charge on any atom is -0.467 e. The summed E-state index contributed by atoms with van der Waals surface area (Å²) in [6.45, 7) is 1.57. The number of hydrogen-bond acceptors (Lipinski definition) is 4. The Bertz CT molecular complexity index is 437. The van der Waals surface area contributed by atoms with Crippen LogP contribution >= 0.6 is 11.6 Å². The number of carbonyl (C=O) groups excluding carboxylic acids is 2. The van der Waals surface area contributed by atoms with Crippen LogP contribution in [0.15, 0.2) is 24.3 Å². The monoisotopic (exact) mass is 270 g/mol. The maximum Gasteiger partial charge on any atom is 0.330 e. The maximum absolute atomic E-state index is 11.4. The van der Waals surface area contributed by atoms with Crippen molar-refractivity contribution in [3.63, 3.8) is 0 Å². The first-order valence-electron chi connectivity index (χ1n) is 5.37. The minimum atomic E-state index is -0.730. The second-order valence-electron chi connectivity index (χ2n) is 3.67. The molecule has 0 spiro atoms. The number of ether oxygens (including phenoxy) is 1. The molecule has 1 aromatic rings. The van der Waals surface area contributed by atoms with Gasteiger partial charge in [0, 0.05) is 24.2 Å². The number of benzene rings is 1. The lowest BCUT2D eigenvalue weighted by Crippen LogP contribution is -2.45. The number of anilines is 1. The van der Waals surface area contributed by atoms with Gasteiger partial charge in [0.1, 0.15) is 6.04 Å². The van der Waals surface area contributed by atoms with Crippen molar-refractivity contribution in [2.24, 2.45) is 0 Å². The molecular formula is C12H15ClN2O3. The van der Waals surface area contributed by atoms with Gasteiger partial charge in [0.05, 0.1) is 7.11 Å². The fourth-order valence-electron chi connectivity index (χ4n) is 1.40. The third-order valence-electron chi connectivity index (χ3n) is 2.20. The normalized spacial score (nSPS) is 11.5. The Morgan fingerprint density at radius 2 is 2.17 bits per heavy atom. The summed E-state index contributed by atoms with van der Waals surface area (Å²) in [6, 6.07) is 6.35. The van der Waals surface area contributed by atoms with E-state index < -0.39 is 12.0 Å². The van der Waals surface area contributed by atoms with E-state index in [0.717, 1.165) is 5.69 Å². The van der Waals surface area contributed by atoms with E-state index in [1.807, 2.05) is 6.07 Å². The summed E-state index contributed by atoms with van der Waals surface area (Å²) < 4.78 is 4.61. The number of carbonyl (C=O) groups is 2. The van der Waals surface area contributed by atoms with Crippen LogP contribution in [0.3, 0.4) is 0 Å². The number of amides is 1. The van der Waals surface area contributed by atoms with Gasteiger partial charge < -0.3 is 15.4 Å². The van der Waals surface area contributed by atoms with Crippen molar-refractivity contribution < 1.29 is 14.3 Å². The molecule has 0 saturated heterocycles. The number of rotatable bonds is 5. The Hall–Kier alpha value is -1.75. The molecule has 0 aliphatic heterocycles. The van der Waals surface area contributed by atoms with E-state index in [9.17, 15) is 9.59 Å². The van der Waals surface area contributed by atoms with Gasteiger partial charge in [0.15, 0.2) is 0 Å². The van der Waals surface area contributed by atoms with Gasteiger partial charge in [0.25, 0.3) is 0 Å². The molecule has 18 heavy (non-hydrogen) atoms.